The number of hydrogen-bond donors (Lipinski definition) is 2. The van der Waals surface area contributed by atoms with Gasteiger partial charge in [-0.2, -0.15) is 14.4 Å². The molecule has 7 aromatic carbocycles. The smallest absolute Gasteiger partial charge is 0.373 e. The molecule has 9 rings (SSSR count). The van der Waals surface area contributed by atoms with Crippen molar-refractivity contribution in [3.63, 3.8) is 0 Å². The summed E-state index contributed by atoms with van der Waals surface area (Å²) in [5, 5.41) is 6.00. The molecule has 2 N–H and O–H groups in total. The molecule has 0 bridgehead atoms. The van der Waals surface area contributed by atoms with Crippen molar-refractivity contribution in [1.82, 2.24) is 14.2 Å². The quantitative estimate of drug-likeness (QED) is 0.0407. The third kappa shape index (κ3) is 11.1. The van der Waals surface area contributed by atoms with Gasteiger partial charge in [-0.1, -0.05) is 164 Å². The number of nitrogens with one attached hydrogen (secondary N) is 1. The Labute approximate surface area is 459 Å². The van der Waals surface area contributed by atoms with E-state index in [9.17, 15) is 14.5 Å². The first-order chi connectivity index (χ1) is 37.9. The Morgan fingerprint density at radius 3 is 1.59 bits per heavy atom. The van der Waals surface area contributed by atoms with Crippen molar-refractivity contribution in [2.24, 2.45) is 0 Å². The van der Waals surface area contributed by atoms with Crippen molar-refractivity contribution >= 4 is 43.2 Å². The van der Waals surface area contributed by atoms with E-state index in [1.807, 2.05) is 110 Å². The number of nitrogens with zero attached hydrogens (tertiary/aromatic N) is 3. The van der Waals surface area contributed by atoms with Crippen molar-refractivity contribution in [3.8, 4) is 11.5 Å². The minimum absolute atomic E-state index is 0.0747. The third-order valence-corrected chi connectivity index (χ3v) is 24.0. The lowest BCUT2D eigenvalue weighted by molar-refractivity contribution is -0.0927. The van der Waals surface area contributed by atoms with Crippen LogP contribution in [0.5, 0.6) is 11.5 Å². The highest BCUT2D eigenvalue weighted by Crippen LogP contribution is 2.71. The van der Waals surface area contributed by atoms with Gasteiger partial charge in [0.05, 0.1) is 20.8 Å². The zero-order valence-corrected chi connectivity index (χ0v) is 47.1. The van der Waals surface area contributed by atoms with Crippen molar-refractivity contribution in [2.75, 3.05) is 26.1 Å². The summed E-state index contributed by atoms with van der Waals surface area (Å²) in [5.74, 6) is 1.05. The first kappa shape index (κ1) is 55.4. The van der Waals surface area contributed by atoms with E-state index in [-0.39, 0.29) is 30.9 Å². The summed E-state index contributed by atoms with van der Waals surface area (Å²) >= 11 is 0. The lowest BCUT2D eigenvalue weighted by Gasteiger charge is -2.43. The summed E-state index contributed by atoms with van der Waals surface area (Å²) in [5.41, 5.74) is 1.01. The Balaban J connectivity index is 1.22. The minimum Gasteiger partial charge on any atom is -0.497 e. The molecule has 14 heteroatoms. The Morgan fingerprint density at radius 2 is 1.15 bits per heavy atom. The van der Waals surface area contributed by atoms with Gasteiger partial charge in [-0.15, -0.1) is 4.67 Å². The fourth-order valence-electron chi connectivity index (χ4n) is 11.2. The van der Waals surface area contributed by atoms with Crippen molar-refractivity contribution in [1.29, 1.82) is 0 Å². The van der Waals surface area contributed by atoms with E-state index < -0.39 is 51.6 Å². The second kappa shape index (κ2) is 24.6. The molecule has 1 aliphatic heterocycles. The Kier molecular flexibility index (Phi) is 17.5. The van der Waals surface area contributed by atoms with Gasteiger partial charge in [-0.25, -0.2) is 4.79 Å². The van der Waals surface area contributed by atoms with E-state index in [1.165, 1.54) is 4.57 Å². The van der Waals surface area contributed by atoms with Crippen LogP contribution < -0.4 is 36.0 Å². The first-order valence-electron chi connectivity index (χ1n) is 26.4. The highest BCUT2D eigenvalue weighted by atomic mass is 31.2. The fourth-order valence-corrected chi connectivity index (χ4v) is 21.6. The maximum Gasteiger partial charge on any atom is 0.373 e. The van der Waals surface area contributed by atoms with Crippen LogP contribution in [0.1, 0.15) is 74.3 Å². The largest absolute Gasteiger partial charge is 0.497 e. The number of anilines is 1. The number of benzene rings is 7. The van der Waals surface area contributed by atoms with Crippen LogP contribution >= 0.6 is 7.87 Å². The van der Waals surface area contributed by atoms with Gasteiger partial charge in [-0.05, 0) is 115 Å². The number of carbonyl (C=O) groups is 1. The van der Waals surface area contributed by atoms with Crippen LogP contribution in [0.25, 0.3) is 0 Å². The van der Waals surface area contributed by atoms with Crippen LogP contribution in [0, 0.1) is 0 Å². The SMILES string of the molecule is CC=C([Si](c1ccccc1)(c1ccccc1)c1ccccc1)[P+](O)(O[C@H]1C[C@H](n2ccc(NC(=O)c3ccccc3)nc2=O)O[C@@H]1COC(c1ccccc1)(c1ccc(OC)cc1)c1ccc(OC)cc1)N(C(C)C)C(C)C. The minimum atomic E-state index is -4.00. The molecule has 1 unspecified atom stereocenters. The lowest BCUT2D eigenvalue weighted by Crippen LogP contribution is -2.69. The third-order valence-electron chi connectivity index (χ3n) is 14.5. The predicted octanol–water partition coefficient (Wildman–Crippen LogP) is 10.7. The van der Waals surface area contributed by atoms with Gasteiger partial charge in [0.1, 0.15) is 46.3 Å². The molecule has 8 aromatic rings. The Hall–Kier alpha value is -7.32. The molecule has 12 nitrogen and oxygen atoms in total. The van der Waals surface area contributed by atoms with Crippen LogP contribution in [0.3, 0.4) is 0 Å². The predicted molar refractivity (Wildman–Crippen MR) is 314 cm³/mol. The normalized spacial score (nSPS) is 16.8. The van der Waals surface area contributed by atoms with Gasteiger partial charge in [0.2, 0.25) is 8.07 Å². The van der Waals surface area contributed by atoms with Crippen LogP contribution in [0.2, 0.25) is 0 Å². The first-order valence-corrected chi connectivity index (χ1v) is 30.0. The number of allylic oxidation sites excluding steroid dienone is 1. The maximum absolute atomic E-state index is 14.7. The molecule has 400 valence electrons. The van der Waals surface area contributed by atoms with Crippen molar-refractivity contribution in [2.45, 2.75) is 77.2 Å². The fraction of sp³-hybridized carbons (Fsp3) is 0.234. The molecule has 1 aromatic heterocycles. The van der Waals surface area contributed by atoms with Gasteiger partial charge < -0.3 is 24.3 Å². The molecule has 1 amide bonds. The summed E-state index contributed by atoms with van der Waals surface area (Å²) in [7, 11) is -4.20. The number of aromatic nitrogens is 2. The van der Waals surface area contributed by atoms with Crippen molar-refractivity contribution < 1.29 is 33.2 Å². The molecular weight excluding hydrogens is 1010 g/mol. The molecule has 0 saturated carbocycles. The molecule has 1 aliphatic rings. The molecule has 4 atom stereocenters. The number of hydrogen-bond acceptors (Lipinski definition) is 10. The zero-order chi connectivity index (χ0) is 54.9. The molecule has 1 fully saturated rings. The Bertz CT molecular complexity index is 3170. The number of carbonyl (C=O) groups excluding carboxylic acids is 1. The average Bonchev–Trinajstić information content (AvgIpc) is 4.00. The molecule has 0 radical (unpaired) electrons. The standard InChI is InChI=1S/C64H67N4O8PSi/c1-8-61(78(54-28-18-11-19-29-54,55-30-20-12-21-31-55)56-32-22-13-23-33-56)77(71,68(46(2)3)47(4)5)76-57-44-60(67-43-42-59(66-63(67)70)65-62(69)48-24-14-9-15-25-48)75-58(57)45-74-64(49-26-16-10-17-27-49,50-34-38-52(72-6)39-35-50)51-36-40-53(73-7)41-37-51/h8-43,46-47,57-58,60,71H,44-45H2,1-7H3/p+1/t57-,58+,60+,77?/m0/s1. The van der Waals surface area contributed by atoms with Gasteiger partial charge in [0, 0.05) is 30.3 Å². The molecule has 0 aliphatic carbocycles. The zero-order valence-electron chi connectivity index (χ0n) is 45.2. The number of methoxy groups -OCH3 is 2. The average molecular weight is 1080 g/mol. The second-order valence-electron chi connectivity index (χ2n) is 19.8. The summed E-state index contributed by atoms with van der Waals surface area (Å²) < 4.78 is 37.4. The van der Waals surface area contributed by atoms with Crippen molar-refractivity contribution in [3.05, 3.63) is 256 Å². The number of amides is 1. The lowest BCUT2D eigenvalue weighted by atomic mass is 9.80. The topological polar surface area (TPSA) is 134 Å². The summed E-state index contributed by atoms with van der Waals surface area (Å²) in [4.78, 5) is 47.4. The van der Waals surface area contributed by atoms with Crippen LogP contribution in [0.4, 0.5) is 5.82 Å². The van der Waals surface area contributed by atoms with Gasteiger partial charge in [0.25, 0.3) is 5.91 Å². The van der Waals surface area contributed by atoms with Gasteiger partial charge >= 0.3 is 13.6 Å². The van der Waals surface area contributed by atoms with E-state index >= 15 is 0 Å². The molecule has 1 saturated heterocycles. The van der Waals surface area contributed by atoms with Gasteiger partial charge in [-0.3, -0.25) is 9.36 Å². The maximum atomic E-state index is 14.7. The van der Waals surface area contributed by atoms with E-state index in [2.05, 4.69) is 122 Å². The Morgan fingerprint density at radius 1 is 0.705 bits per heavy atom. The van der Waals surface area contributed by atoms with Gasteiger partial charge in [0.15, 0.2) is 0 Å². The van der Waals surface area contributed by atoms with E-state index in [1.54, 1.807) is 50.7 Å². The number of rotatable bonds is 21. The highest BCUT2D eigenvalue weighted by molar-refractivity contribution is 7.72. The monoisotopic (exact) mass is 1080 g/mol. The molecular formula is C64H68N4O8PSi+. The van der Waals surface area contributed by atoms with Crippen LogP contribution in [0.15, 0.2) is 228 Å². The van der Waals surface area contributed by atoms with E-state index in [0.29, 0.717) is 17.1 Å². The second-order valence-corrected chi connectivity index (χ2v) is 26.2. The molecule has 78 heavy (non-hydrogen) atoms. The highest BCUT2D eigenvalue weighted by Gasteiger charge is 2.65. The number of ether oxygens (including phenoxy) is 4. The summed E-state index contributed by atoms with van der Waals surface area (Å²) in [6.07, 6.45) is 1.06. The summed E-state index contributed by atoms with van der Waals surface area (Å²) in [6, 6.07) is 67.1. The van der Waals surface area contributed by atoms with E-state index in [0.717, 1.165) is 37.2 Å². The van der Waals surface area contributed by atoms with Crippen LogP contribution in [-0.4, -0.2) is 78.2 Å². The van der Waals surface area contributed by atoms with E-state index in [4.69, 9.17) is 23.5 Å². The molecule has 2 heterocycles. The van der Waals surface area contributed by atoms with Crippen LogP contribution in [-0.2, 0) is 19.6 Å². The molecule has 0 spiro atoms. The summed E-state index contributed by atoms with van der Waals surface area (Å²) in [6.45, 7) is 10.3.